The van der Waals surface area contributed by atoms with Crippen LogP contribution >= 0.6 is 11.6 Å². The lowest BCUT2D eigenvalue weighted by Crippen LogP contribution is -2.54. The third-order valence-electron chi connectivity index (χ3n) is 7.43. The summed E-state index contributed by atoms with van der Waals surface area (Å²) in [6.45, 7) is 1.91. The van der Waals surface area contributed by atoms with Crippen LogP contribution < -0.4 is 16.4 Å². The Labute approximate surface area is 242 Å². The van der Waals surface area contributed by atoms with Gasteiger partial charge in [-0.2, -0.15) is 18.3 Å². The topological polar surface area (TPSA) is 136 Å². The second-order valence-electron chi connectivity index (χ2n) is 10.4. The average Bonchev–Trinajstić information content (AvgIpc) is 3.34. The van der Waals surface area contributed by atoms with Gasteiger partial charge in [-0.15, -0.1) is 0 Å². The third kappa shape index (κ3) is 5.18. The number of nitrogens with one attached hydrogen (secondary N) is 2. The van der Waals surface area contributed by atoms with Gasteiger partial charge in [-0.25, -0.2) is 14.6 Å². The van der Waals surface area contributed by atoms with Crippen LogP contribution in [0.15, 0.2) is 48.9 Å². The molecule has 1 saturated carbocycles. The number of nitrogens with two attached hydrogens (primary N) is 1. The van der Waals surface area contributed by atoms with Crippen molar-refractivity contribution >= 4 is 34.8 Å². The largest absolute Gasteiger partial charge is 0.435 e. The van der Waals surface area contributed by atoms with E-state index < -0.39 is 17.8 Å². The van der Waals surface area contributed by atoms with Gasteiger partial charge in [0.25, 0.3) is 11.8 Å². The lowest BCUT2D eigenvalue weighted by Gasteiger charge is -2.34. The van der Waals surface area contributed by atoms with E-state index in [1.165, 1.54) is 42.2 Å². The number of rotatable bonds is 5. The Bertz CT molecular complexity index is 1690. The summed E-state index contributed by atoms with van der Waals surface area (Å²) in [5.41, 5.74) is 5.16. The smallest absolute Gasteiger partial charge is 0.397 e. The van der Waals surface area contributed by atoms with Crippen LogP contribution in [0.3, 0.4) is 0 Å². The number of piperazine rings is 1. The van der Waals surface area contributed by atoms with Gasteiger partial charge in [0, 0.05) is 44.1 Å². The number of carbonyl (C=O) groups excluding carboxylic acids is 2. The molecule has 1 aliphatic carbocycles. The fraction of sp³-hybridized carbons (Fsp3) is 0.296. The zero-order valence-corrected chi connectivity index (χ0v) is 23.0. The number of nitrogens with zero attached hydrogens (tertiary/aromatic N) is 6. The number of hydrogen-bond acceptors (Lipinski definition) is 7. The number of benzene rings is 1. The van der Waals surface area contributed by atoms with Crippen molar-refractivity contribution in [1.82, 2.24) is 34.5 Å². The molecule has 15 heteroatoms. The van der Waals surface area contributed by atoms with Gasteiger partial charge in [0.15, 0.2) is 17.3 Å². The molecule has 2 aliphatic rings. The summed E-state index contributed by atoms with van der Waals surface area (Å²) in [6.07, 6.45) is 0.907. The predicted molar refractivity (Wildman–Crippen MR) is 148 cm³/mol. The highest BCUT2D eigenvalue weighted by Gasteiger charge is 2.46. The normalized spacial score (nSPS) is 16.1. The molecule has 1 aromatic carbocycles. The van der Waals surface area contributed by atoms with E-state index in [2.05, 4.69) is 25.7 Å². The average molecular weight is 600 g/mol. The van der Waals surface area contributed by atoms with Gasteiger partial charge in [-0.3, -0.25) is 9.59 Å². The van der Waals surface area contributed by atoms with Crippen LogP contribution in [-0.4, -0.2) is 66.2 Å². The molecule has 4 aromatic rings. The van der Waals surface area contributed by atoms with E-state index in [-0.39, 0.29) is 39.4 Å². The van der Waals surface area contributed by atoms with Crippen molar-refractivity contribution in [3.8, 4) is 17.1 Å². The van der Waals surface area contributed by atoms with Crippen molar-refractivity contribution in [2.75, 3.05) is 30.7 Å². The quantitative estimate of drug-likeness (QED) is 0.318. The minimum Gasteiger partial charge on any atom is -0.397 e. The molecule has 6 rings (SSSR count). The first-order valence-electron chi connectivity index (χ1n) is 13.0. The first-order valence-corrected chi connectivity index (χ1v) is 13.4. The van der Waals surface area contributed by atoms with Crippen LogP contribution in [-0.2, 0) is 13.2 Å². The minimum atomic E-state index is -4.79. The predicted octanol–water partition coefficient (Wildman–Crippen LogP) is 3.75. The summed E-state index contributed by atoms with van der Waals surface area (Å²) >= 11 is 6.43. The summed E-state index contributed by atoms with van der Waals surface area (Å²) in [4.78, 5) is 36.1. The van der Waals surface area contributed by atoms with E-state index in [9.17, 15) is 22.8 Å². The molecule has 11 nitrogen and oxygen atoms in total. The molecule has 1 aliphatic heterocycles. The van der Waals surface area contributed by atoms with Gasteiger partial charge in [-0.1, -0.05) is 11.6 Å². The molecule has 1 spiro atoms. The van der Waals surface area contributed by atoms with Gasteiger partial charge < -0.3 is 25.8 Å². The molecule has 0 radical (unpaired) electrons. The number of hydrogen-bond donors (Lipinski definition) is 3. The number of imidazole rings is 1. The first kappa shape index (κ1) is 27.7. The fourth-order valence-electron chi connectivity index (χ4n) is 5.03. The second-order valence-corrected chi connectivity index (χ2v) is 10.8. The van der Waals surface area contributed by atoms with Crippen LogP contribution in [0.1, 0.15) is 39.5 Å². The molecular weight excluding hydrogens is 575 g/mol. The Morgan fingerprint density at radius 2 is 1.93 bits per heavy atom. The number of anilines is 2. The summed E-state index contributed by atoms with van der Waals surface area (Å²) in [7, 11) is 1.42. The van der Waals surface area contributed by atoms with Gasteiger partial charge in [0.2, 0.25) is 0 Å². The van der Waals surface area contributed by atoms with Crippen molar-refractivity contribution in [3.63, 3.8) is 0 Å². The van der Waals surface area contributed by atoms with Crippen LogP contribution in [0.2, 0.25) is 5.02 Å². The SMILES string of the molecule is Cn1c(-c2cn(-c3ccc(N)cn3)nc2C(F)(F)F)cnc1C(=O)Nc1ccc(C(=O)N2CCNC3(CC3)C2)c(Cl)c1. The number of pyridine rings is 1. The van der Waals surface area contributed by atoms with Crippen molar-refractivity contribution in [2.24, 2.45) is 7.05 Å². The van der Waals surface area contributed by atoms with E-state index in [1.807, 2.05) is 0 Å². The van der Waals surface area contributed by atoms with Crippen LogP contribution in [0.5, 0.6) is 0 Å². The highest BCUT2D eigenvalue weighted by atomic mass is 35.5. The highest BCUT2D eigenvalue weighted by molar-refractivity contribution is 6.34. The van der Waals surface area contributed by atoms with E-state index >= 15 is 0 Å². The number of halogens is 4. The number of amides is 2. The molecule has 0 bridgehead atoms. The molecule has 1 saturated heterocycles. The van der Waals surface area contributed by atoms with Gasteiger partial charge in [0.05, 0.1) is 39.9 Å². The Morgan fingerprint density at radius 1 is 1.14 bits per heavy atom. The van der Waals surface area contributed by atoms with Gasteiger partial charge in [0.1, 0.15) is 0 Å². The Morgan fingerprint density at radius 3 is 2.60 bits per heavy atom. The van der Waals surface area contributed by atoms with Crippen molar-refractivity contribution in [3.05, 3.63) is 71.0 Å². The molecule has 0 atom stereocenters. The molecule has 2 amide bonds. The molecular formula is C27H25ClF3N9O2. The van der Waals surface area contributed by atoms with Crippen molar-refractivity contribution in [1.29, 1.82) is 0 Å². The highest BCUT2D eigenvalue weighted by Crippen LogP contribution is 2.39. The number of alkyl halides is 3. The third-order valence-corrected chi connectivity index (χ3v) is 7.74. The van der Waals surface area contributed by atoms with Gasteiger partial charge >= 0.3 is 6.18 Å². The zero-order valence-electron chi connectivity index (χ0n) is 22.2. The van der Waals surface area contributed by atoms with Gasteiger partial charge in [-0.05, 0) is 43.2 Å². The summed E-state index contributed by atoms with van der Waals surface area (Å²) in [5, 5.41) is 9.97. The standard InChI is InChI=1S/C27H25ClF3N9O2/c1-38-20(18-13-40(37-22(18)27(29,30)31)21-5-2-15(32)11-33-21)12-34-23(38)24(41)36-16-3-4-17(19(28)10-16)25(42)39-9-8-35-26(14-39)6-7-26/h2-5,10-13,35H,6-9,14,32H2,1H3,(H,36,41). The first-order chi connectivity index (χ1) is 19.9. The summed E-state index contributed by atoms with van der Waals surface area (Å²) in [5.74, 6) is -0.889. The molecule has 3 aromatic heterocycles. The lowest BCUT2D eigenvalue weighted by molar-refractivity contribution is -0.140. The van der Waals surface area contributed by atoms with Crippen LogP contribution in [0.4, 0.5) is 24.5 Å². The number of aromatic nitrogens is 5. The molecule has 42 heavy (non-hydrogen) atoms. The fourth-order valence-corrected chi connectivity index (χ4v) is 5.29. The van der Waals surface area contributed by atoms with Crippen molar-refractivity contribution < 1.29 is 22.8 Å². The van der Waals surface area contributed by atoms with E-state index in [0.29, 0.717) is 36.6 Å². The Hall–Kier alpha value is -4.43. The maximum absolute atomic E-state index is 13.9. The maximum atomic E-state index is 13.9. The molecule has 0 unspecified atom stereocenters. The van der Waals surface area contributed by atoms with E-state index in [1.54, 1.807) is 17.0 Å². The van der Waals surface area contributed by atoms with Crippen LogP contribution in [0, 0.1) is 0 Å². The zero-order chi connectivity index (χ0) is 29.8. The van der Waals surface area contributed by atoms with Crippen LogP contribution in [0.25, 0.3) is 17.1 Å². The summed E-state index contributed by atoms with van der Waals surface area (Å²) < 4.78 is 44.0. The second kappa shape index (κ2) is 10.1. The van der Waals surface area contributed by atoms with E-state index in [4.69, 9.17) is 17.3 Å². The monoisotopic (exact) mass is 599 g/mol. The Kier molecular flexibility index (Phi) is 6.69. The van der Waals surface area contributed by atoms with E-state index in [0.717, 1.165) is 23.7 Å². The molecule has 4 heterocycles. The Balaban J connectivity index is 1.22. The van der Waals surface area contributed by atoms with Crippen molar-refractivity contribution in [2.45, 2.75) is 24.6 Å². The number of carbonyl (C=O) groups is 2. The number of nitrogen functional groups attached to an aromatic ring is 1. The molecule has 218 valence electrons. The lowest BCUT2D eigenvalue weighted by atomic mass is 10.1. The maximum Gasteiger partial charge on any atom is 0.435 e. The minimum absolute atomic E-state index is 0.0117. The summed E-state index contributed by atoms with van der Waals surface area (Å²) in [6, 6.07) is 7.47. The molecule has 2 fully saturated rings. The molecule has 4 N–H and O–H groups in total.